The van der Waals surface area contributed by atoms with Crippen molar-refractivity contribution in [3.63, 3.8) is 0 Å². The van der Waals surface area contributed by atoms with Crippen LogP contribution in [0.25, 0.3) is 0 Å². The fraction of sp³-hybridized carbons (Fsp3) is 0.438. The van der Waals surface area contributed by atoms with E-state index in [0.29, 0.717) is 29.5 Å². The first kappa shape index (κ1) is 14.0. The summed E-state index contributed by atoms with van der Waals surface area (Å²) in [6, 6.07) is 0. The molecular formula is C16H20N6O. The molecule has 1 aliphatic carbocycles. The summed E-state index contributed by atoms with van der Waals surface area (Å²) < 4.78 is 3.51. The molecule has 0 radical (unpaired) electrons. The number of nitrogens with two attached hydrogens (primary N) is 2. The molecule has 120 valence electrons. The number of rotatable bonds is 1. The fourth-order valence-electron chi connectivity index (χ4n) is 3.36. The molecule has 0 saturated carbocycles. The van der Waals surface area contributed by atoms with E-state index in [4.69, 9.17) is 11.5 Å². The molecule has 0 fully saturated rings. The summed E-state index contributed by atoms with van der Waals surface area (Å²) in [6.45, 7) is 2.29. The van der Waals surface area contributed by atoms with Gasteiger partial charge < -0.3 is 11.5 Å². The molecule has 7 heteroatoms. The van der Waals surface area contributed by atoms with Gasteiger partial charge >= 0.3 is 0 Å². The number of nitrogen functional groups attached to an aromatic ring is 1. The summed E-state index contributed by atoms with van der Waals surface area (Å²) in [7, 11) is 0. The van der Waals surface area contributed by atoms with Crippen LogP contribution in [0.4, 0.5) is 11.5 Å². The standard InChI is InChI=1S/C16H20N6O/c17-11-9-12-10(4-3-5-19-12)8-13(11)20-14-15(18)21-6-1-2-7-22(21)16(14)23/h8-9H,1-7,17-18H2. The quantitative estimate of drug-likeness (QED) is 0.759. The largest absolute Gasteiger partial charge is 0.397 e. The van der Waals surface area contributed by atoms with Gasteiger partial charge in [-0.3, -0.25) is 14.5 Å². The normalized spacial score (nSPS) is 22.1. The smallest absolute Gasteiger partial charge is 0.294 e. The van der Waals surface area contributed by atoms with Gasteiger partial charge in [-0.2, -0.15) is 0 Å². The average Bonchev–Trinajstić information content (AvgIpc) is 2.81. The molecule has 1 aromatic heterocycles. The maximum atomic E-state index is 12.5. The van der Waals surface area contributed by atoms with Crippen LogP contribution in [0.15, 0.2) is 38.2 Å². The lowest BCUT2D eigenvalue weighted by Gasteiger charge is -2.18. The predicted molar refractivity (Wildman–Crippen MR) is 91.3 cm³/mol. The van der Waals surface area contributed by atoms with Crippen molar-refractivity contribution in [3.05, 3.63) is 33.8 Å². The van der Waals surface area contributed by atoms with Crippen LogP contribution in [0.5, 0.6) is 0 Å². The van der Waals surface area contributed by atoms with Crippen LogP contribution in [-0.4, -0.2) is 27.3 Å². The number of allylic oxidation sites excluding steroid dienone is 3. The van der Waals surface area contributed by atoms with Gasteiger partial charge in [-0.15, -0.1) is 0 Å². The molecule has 3 heterocycles. The number of aliphatic imine (C=N–C) groups is 2. The molecule has 0 saturated heterocycles. The van der Waals surface area contributed by atoms with Crippen molar-refractivity contribution in [3.8, 4) is 0 Å². The van der Waals surface area contributed by atoms with E-state index in [1.807, 2.05) is 16.8 Å². The number of nitrogens with zero attached hydrogens (tertiary/aromatic N) is 4. The Morgan fingerprint density at radius 1 is 1.09 bits per heavy atom. The molecular weight excluding hydrogens is 292 g/mol. The van der Waals surface area contributed by atoms with Crippen LogP contribution in [0.1, 0.15) is 25.7 Å². The number of hydrogen-bond acceptors (Lipinski definition) is 5. The third-order valence-corrected chi connectivity index (χ3v) is 4.59. The maximum absolute atomic E-state index is 12.5. The molecule has 4 N–H and O–H groups in total. The van der Waals surface area contributed by atoms with E-state index in [1.165, 1.54) is 0 Å². The van der Waals surface area contributed by atoms with Crippen molar-refractivity contribution in [2.45, 2.75) is 38.8 Å². The Balaban J connectivity index is 1.81. The van der Waals surface area contributed by atoms with E-state index in [0.717, 1.165) is 50.1 Å². The van der Waals surface area contributed by atoms with Gasteiger partial charge in [-0.1, -0.05) is 0 Å². The topological polar surface area (TPSA) is 104 Å². The van der Waals surface area contributed by atoms with E-state index < -0.39 is 0 Å². The highest BCUT2D eigenvalue weighted by Gasteiger charge is 2.22. The molecule has 23 heavy (non-hydrogen) atoms. The summed E-state index contributed by atoms with van der Waals surface area (Å²) in [6.07, 6.45) is 7.79. The average molecular weight is 312 g/mol. The van der Waals surface area contributed by atoms with Crippen LogP contribution < -0.4 is 17.0 Å². The van der Waals surface area contributed by atoms with Crippen molar-refractivity contribution in [1.29, 1.82) is 0 Å². The van der Waals surface area contributed by atoms with Gasteiger partial charge in [0.2, 0.25) is 0 Å². The van der Waals surface area contributed by atoms with Crippen LogP contribution in [-0.2, 0) is 13.1 Å². The number of fused-ring (bicyclic) bond motifs is 2. The van der Waals surface area contributed by atoms with Crippen molar-refractivity contribution in [2.75, 3.05) is 12.3 Å². The Hall–Kier alpha value is -2.57. The van der Waals surface area contributed by atoms with E-state index in [1.54, 1.807) is 4.68 Å². The third kappa shape index (κ3) is 2.23. The molecule has 7 nitrogen and oxygen atoms in total. The number of hydrogen-bond donors (Lipinski definition) is 2. The Labute approximate surface area is 133 Å². The molecule has 3 aliphatic rings. The second-order valence-electron chi connectivity index (χ2n) is 6.13. The van der Waals surface area contributed by atoms with E-state index in [9.17, 15) is 4.79 Å². The zero-order valence-corrected chi connectivity index (χ0v) is 13.0. The third-order valence-electron chi connectivity index (χ3n) is 4.59. The molecule has 0 atom stereocenters. The minimum atomic E-state index is -0.135. The minimum absolute atomic E-state index is 0.135. The Morgan fingerprint density at radius 3 is 2.65 bits per heavy atom. The lowest BCUT2D eigenvalue weighted by molar-refractivity contribution is 0.360. The van der Waals surface area contributed by atoms with Crippen molar-refractivity contribution in [2.24, 2.45) is 15.7 Å². The summed E-state index contributed by atoms with van der Waals surface area (Å²) in [5.74, 6) is 0.427. The van der Waals surface area contributed by atoms with Gasteiger partial charge in [-0.25, -0.2) is 9.67 Å². The first-order valence-corrected chi connectivity index (χ1v) is 8.06. The summed E-state index contributed by atoms with van der Waals surface area (Å²) >= 11 is 0. The van der Waals surface area contributed by atoms with E-state index in [-0.39, 0.29) is 5.56 Å². The zero-order chi connectivity index (χ0) is 16.0. The highest BCUT2D eigenvalue weighted by molar-refractivity contribution is 6.24. The van der Waals surface area contributed by atoms with Gasteiger partial charge in [0.1, 0.15) is 0 Å². The highest BCUT2D eigenvalue weighted by atomic mass is 16.1. The first-order valence-electron chi connectivity index (χ1n) is 8.06. The Kier molecular flexibility index (Phi) is 3.21. The van der Waals surface area contributed by atoms with Crippen molar-refractivity contribution in [1.82, 2.24) is 9.36 Å². The van der Waals surface area contributed by atoms with E-state index >= 15 is 0 Å². The van der Waals surface area contributed by atoms with Crippen molar-refractivity contribution < 1.29 is 0 Å². The molecule has 0 aromatic carbocycles. The lowest BCUT2D eigenvalue weighted by atomic mass is 9.94. The monoisotopic (exact) mass is 312 g/mol. The SMILES string of the molecule is NC1=CC2=NCCCC2=CC1=Nc1c(N)n2n(c1=O)CCCC2. The molecule has 2 aliphatic heterocycles. The van der Waals surface area contributed by atoms with Gasteiger partial charge in [-0.05, 0) is 43.4 Å². The molecule has 0 spiro atoms. The van der Waals surface area contributed by atoms with Gasteiger partial charge in [0.05, 0.1) is 17.1 Å². The van der Waals surface area contributed by atoms with Gasteiger partial charge in [0, 0.05) is 19.6 Å². The first-order chi connectivity index (χ1) is 11.1. The fourth-order valence-corrected chi connectivity index (χ4v) is 3.36. The summed E-state index contributed by atoms with van der Waals surface area (Å²) in [5.41, 5.74) is 15.6. The number of anilines is 1. The minimum Gasteiger partial charge on any atom is -0.397 e. The van der Waals surface area contributed by atoms with Crippen LogP contribution in [0.2, 0.25) is 0 Å². The summed E-state index contributed by atoms with van der Waals surface area (Å²) in [5, 5.41) is 0. The maximum Gasteiger partial charge on any atom is 0.294 e. The highest BCUT2D eigenvalue weighted by Crippen LogP contribution is 2.25. The van der Waals surface area contributed by atoms with Crippen LogP contribution in [0, 0.1) is 0 Å². The zero-order valence-electron chi connectivity index (χ0n) is 13.0. The molecule has 4 rings (SSSR count). The Bertz CT molecular complexity index is 849. The molecule has 0 amide bonds. The summed E-state index contributed by atoms with van der Waals surface area (Å²) in [4.78, 5) is 21.5. The second kappa shape index (κ2) is 5.26. The van der Waals surface area contributed by atoms with Crippen LogP contribution in [0.3, 0.4) is 0 Å². The van der Waals surface area contributed by atoms with Crippen LogP contribution >= 0.6 is 0 Å². The second-order valence-corrected chi connectivity index (χ2v) is 6.13. The van der Waals surface area contributed by atoms with E-state index in [2.05, 4.69) is 9.98 Å². The van der Waals surface area contributed by atoms with Gasteiger partial charge in [0.15, 0.2) is 11.5 Å². The predicted octanol–water partition coefficient (Wildman–Crippen LogP) is 1.12. The molecule has 0 unspecified atom stereocenters. The molecule has 0 bridgehead atoms. The van der Waals surface area contributed by atoms with Crippen molar-refractivity contribution >= 4 is 22.9 Å². The van der Waals surface area contributed by atoms with Gasteiger partial charge in [0.25, 0.3) is 5.56 Å². The number of aromatic nitrogens is 2. The lowest BCUT2D eigenvalue weighted by Crippen LogP contribution is -2.27. The Morgan fingerprint density at radius 2 is 1.87 bits per heavy atom. The molecule has 1 aromatic rings.